The summed E-state index contributed by atoms with van der Waals surface area (Å²) in [5, 5.41) is 4.97. The van der Waals surface area contributed by atoms with Gasteiger partial charge in [-0.2, -0.15) is 0 Å². The van der Waals surface area contributed by atoms with Crippen LogP contribution in [0.25, 0.3) is 32.7 Å². The predicted molar refractivity (Wildman–Crippen MR) is 134 cm³/mol. The lowest BCUT2D eigenvalue weighted by molar-refractivity contribution is 0.121. The number of hydrogen-bond donors (Lipinski definition) is 0. The number of hydrogen-bond acceptors (Lipinski definition) is 3. The molecule has 0 aliphatic heterocycles. The minimum atomic E-state index is -0.721. The van der Waals surface area contributed by atoms with Gasteiger partial charge in [0.05, 0.1) is 7.11 Å². The summed E-state index contributed by atoms with van der Waals surface area (Å²) in [6.07, 6.45) is 0.139. The first-order chi connectivity index (χ1) is 16.1. The van der Waals surface area contributed by atoms with Crippen molar-refractivity contribution in [2.45, 2.75) is 13.3 Å². The van der Waals surface area contributed by atoms with Crippen molar-refractivity contribution < 1.29 is 14.3 Å². The Morgan fingerprint density at radius 2 is 1.42 bits per heavy atom. The molecule has 33 heavy (non-hydrogen) atoms. The fourth-order valence-corrected chi connectivity index (χ4v) is 4.44. The summed E-state index contributed by atoms with van der Waals surface area (Å²) in [6, 6.07) is 33.5. The highest BCUT2D eigenvalue weighted by molar-refractivity contribution is 6.02. The predicted octanol–water partition coefficient (Wildman–Crippen LogP) is 7.70. The molecule has 0 saturated heterocycles. The van der Waals surface area contributed by atoms with E-state index in [2.05, 4.69) is 84.5 Å². The van der Waals surface area contributed by atoms with Crippen LogP contribution in [-0.4, -0.2) is 13.3 Å². The molecule has 0 unspecified atom stereocenters. The van der Waals surface area contributed by atoms with E-state index in [1.165, 1.54) is 50.9 Å². The van der Waals surface area contributed by atoms with Gasteiger partial charge in [-0.1, -0.05) is 66.7 Å². The van der Waals surface area contributed by atoms with E-state index < -0.39 is 6.16 Å². The zero-order valence-electron chi connectivity index (χ0n) is 18.7. The molecule has 0 saturated carbocycles. The van der Waals surface area contributed by atoms with Crippen LogP contribution in [0.3, 0.4) is 0 Å². The molecule has 162 valence electrons. The van der Waals surface area contributed by atoms with Crippen LogP contribution >= 0.6 is 0 Å². The summed E-state index contributed by atoms with van der Waals surface area (Å²) in [6.45, 7) is 2.20. The lowest BCUT2D eigenvalue weighted by Crippen LogP contribution is -2.06. The average Bonchev–Trinajstić information content (AvgIpc) is 2.85. The first-order valence-corrected chi connectivity index (χ1v) is 11.0. The molecule has 3 heteroatoms. The third kappa shape index (κ3) is 4.18. The van der Waals surface area contributed by atoms with E-state index >= 15 is 0 Å². The van der Waals surface area contributed by atoms with E-state index in [1.54, 1.807) is 12.1 Å². The molecule has 0 aromatic heterocycles. The van der Waals surface area contributed by atoms with Gasteiger partial charge in [0.1, 0.15) is 5.75 Å². The molecular weight excluding hydrogens is 408 g/mol. The second-order valence-corrected chi connectivity index (χ2v) is 8.19. The van der Waals surface area contributed by atoms with Gasteiger partial charge in [-0.3, -0.25) is 0 Å². The van der Waals surface area contributed by atoms with Crippen LogP contribution < -0.4 is 4.74 Å². The normalized spacial score (nSPS) is 11.0. The van der Waals surface area contributed by atoms with Crippen molar-refractivity contribution in [2.24, 2.45) is 0 Å². The fourth-order valence-electron chi connectivity index (χ4n) is 4.44. The zero-order chi connectivity index (χ0) is 22.8. The second kappa shape index (κ2) is 8.79. The Morgan fingerprint density at radius 1 is 0.758 bits per heavy atom. The Kier molecular flexibility index (Phi) is 5.54. The van der Waals surface area contributed by atoms with Crippen LogP contribution in [0.2, 0.25) is 0 Å². The number of rotatable bonds is 4. The molecule has 5 rings (SSSR count). The third-order valence-corrected chi connectivity index (χ3v) is 6.16. The van der Waals surface area contributed by atoms with Gasteiger partial charge in [0.15, 0.2) is 0 Å². The van der Waals surface area contributed by atoms with E-state index in [4.69, 9.17) is 4.74 Å². The fraction of sp³-hybridized carbons (Fsp3) is 0.100. The molecule has 0 aliphatic rings. The minimum Gasteiger partial charge on any atom is -0.437 e. The Hall–Kier alpha value is -4.11. The van der Waals surface area contributed by atoms with Gasteiger partial charge in [-0.15, -0.1) is 0 Å². The Balaban J connectivity index is 1.68. The standard InChI is InChI=1S/C30H24O3/c1-20-27(22-12-14-26(15-13-22)33-30(31)32-2)19-25-17-23-10-6-7-11-24(23)18-29(25)28(20)16-21-8-4-3-5-9-21/h3-15,17-19H,16H2,1-2H3. The van der Waals surface area contributed by atoms with Crippen molar-refractivity contribution >= 4 is 27.7 Å². The van der Waals surface area contributed by atoms with Gasteiger partial charge in [-0.05, 0) is 93.0 Å². The summed E-state index contributed by atoms with van der Waals surface area (Å²) in [5.74, 6) is 0.458. The molecule has 5 aromatic carbocycles. The average molecular weight is 433 g/mol. The maximum absolute atomic E-state index is 11.4. The van der Waals surface area contributed by atoms with Crippen molar-refractivity contribution in [3.05, 3.63) is 114 Å². The first-order valence-electron chi connectivity index (χ1n) is 11.0. The molecule has 0 aliphatic carbocycles. The first kappa shape index (κ1) is 20.8. The number of methoxy groups -OCH3 is 1. The minimum absolute atomic E-state index is 0.458. The molecule has 5 aromatic rings. The van der Waals surface area contributed by atoms with Gasteiger partial charge in [0.25, 0.3) is 0 Å². The number of carbonyl (C=O) groups excluding carboxylic acids is 1. The van der Waals surface area contributed by atoms with Crippen molar-refractivity contribution in [3.63, 3.8) is 0 Å². The lowest BCUT2D eigenvalue weighted by atomic mass is 9.87. The van der Waals surface area contributed by atoms with Gasteiger partial charge in [-0.25, -0.2) is 4.79 Å². The SMILES string of the molecule is COC(=O)Oc1ccc(-c2cc3cc4ccccc4cc3c(Cc3ccccc3)c2C)cc1. The summed E-state index contributed by atoms with van der Waals surface area (Å²) in [5.41, 5.74) is 6.12. The van der Waals surface area contributed by atoms with Crippen molar-refractivity contribution in [1.29, 1.82) is 0 Å². The summed E-state index contributed by atoms with van der Waals surface area (Å²) < 4.78 is 9.73. The molecular formula is C30H24O3. The molecule has 0 atom stereocenters. The van der Waals surface area contributed by atoms with Gasteiger partial charge in [0.2, 0.25) is 0 Å². The van der Waals surface area contributed by atoms with Crippen LogP contribution in [-0.2, 0) is 11.2 Å². The largest absolute Gasteiger partial charge is 0.513 e. The molecule has 0 bridgehead atoms. The molecule has 0 amide bonds. The van der Waals surface area contributed by atoms with E-state index in [1.807, 2.05) is 12.1 Å². The van der Waals surface area contributed by atoms with Gasteiger partial charge < -0.3 is 9.47 Å². The topological polar surface area (TPSA) is 35.5 Å². The molecule has 0 radical (unpaired) electrons. The number of benzene rings is 5. The van der Waals surface area contributed by atoms with Crippen LogP contribution in [0.5, 0.6) is 5.75 Å². The van der Waals surface area contributed by atoms with Crippen molar-refractivity contribution in [1.82, 2.24) is 0 Å². The zero-order valence-corrected chi connectivity index (χ0v) is 18.7. The Labute approximate surface area is 193 Å². The van der Waals surface area contributed by atoms with Crippen molar-refractivity contribution in [2.75, 3.05) is 7.11 Å². The lowest BCUT2D eigenvalue weighted by Gasteiger charge is -2.17. The van der Waals surface area contributed by atoms with Crippen LogP contribution in [0, 0.1) is 6.92 Å². The highest BCUT2D eigenvalue weighted by Gasteiger charge is 2.14. The van der Waals surface area contributed by atoms with Crippen LogP contribution in [0.4, 0.5) is 4.79 Å². The maximum Gasteiger partial charge on any atom is 0.513 e. The number of carbonyl (C=O) groups is 1. The maximum atomic E-state index is 11.4. The molecule has 3 nitrogen and oxygen atoms in total. The Morgan fingerprint density at radius 3 is 2.12 bits per heavy atom. The van der Waals surface area contributed by atoms with E-state index in [-0.39, 0.29) is 0 Å². The molecule has 0 fully saturated rings. The van der Waals surface area contributed by atoms with E-state index in [9.17, 15) is 4.79 Å². The van der Waals surface area contributed by atoms with E-state index in [0.717, 1.165) is 12.0 Å². The summed E-state index contributed by atoms with van der Waals surface area (Å²) in [4.78, 5) is 11.4. The monoisotopic (exact) mass is 432 g/mol. The number of fused-ring (bicyclic) bond motifs is 2. The van der Waals surface area contributed by atoms with E-state index in [0.29, 0.717) is 5.75 Å². The quantitative estimate of drug-likeness (QED) is 0.166. The highest BCUT2D eigenvalue weighted by Crippen LogP contribution is 2.36. The Bertz CT molecular complexity index is 1450. The summed E-state index contributed by atoms with van der Waals surface area (Å²) >= 11 is 0. The van der Waals surface area contributed by atoms with Gasteiger partial charge in [0, 0.05) is 0 Å². The van der Waals surface area contributed by atoms with Crippen molar-refractivity contribution in [3.8, 4) is 16.9 Å². The number of ether oxygens (including phenoxy) is 2. The second-order valence-electron chi connectivity index (χ2n) is 8.19. The van der Waals surface area contributed by atoms with Gasteiger partial charge >= 0.3 is 6.16 Å². The smallest absolute Gasteiger partial charge is 0.437 e. The summed E-state index contributed by atoms with van der Waals surface area (Å²) in [7, 11) is 1.30. The molecule has 0 heterocycles. The third-order valence-electron chi connectivity index (χ3n) is 6.16. The molecule has 0 spiro atoms. The highest BCUT2D eigenvalue weighted by atomic mass is 16.7. The van der Waals surface area contributed by atoms with Crippen LogP contribution in [0.1, 0.15) is 16.7 Å². The molecule has 0 N–H and O–H groups in total. The van der Waals surface area contributed by atoms with Crippen LogP contribution in [0.15, 0.2) is 97.1 Å².